The Kier molecular flexibility index (Phi) is 20.5. The van der Waals surface area contributed by atoms with Gasteiger partial charge in [-0.1, -0.05) is 49.2 Å². The van der Waals surface area contributed by atoms with Crippen LogP contribution in [0.3, 0.4) is 0 Å². The second-order valence-corrected chi connectivity index (χ2v) is 5.87. The van der Waals surface area contributed by atoms with Gasteiger partial charge >= 0.3 is 5.97 Å². The molecule has 0 aromatic heterocycles. The summed E-state index contributed by atoms with van der Waals surface area (Å²) < 4.78 is 5.21. The minimum Gasteiger partial charge on any atom is -0.382 e. The summed E-state index contributed by atoms with van der Waals surface area (Å²) in [5.74, 6) is -0.359. The Hall–Kier alpha value is -1.80. The largest absolute Gasteiger partial charge is 0.382 e. The van der Waals surface area contributed by atoms with Gasteiger partial charge in [-0.3, -0.25) is 23.5 Å². The maximum Gasteiger partial charge on any atom is 0.350 e. The zero-order valence-electron chi connectivity index (χ0n) is 13.9. The lowest BCUT2D eigenvalue weighted by Gasteiger charge is -2.05. The molecule has 0 spiro atoms. The molecule has 150 valence electrons. The van der Waals surface area contributed by atoms with Crippen LogP contribution in [0, 0.1) is 0 Å². The van der Waals surface area contributed by atoms with Crippen LogP contribution in [0.25, 0.3) is 0 Å². The number of aryl methyl sites for hydroxylation is 1. The van der Waals surface area contributed by atoms with Crippen LogP contribution in [0.2, 0.25) is 5.02 Å². The standard InChI is InChI=1S/C17H17ClO2S.5FH/c1-2-3-6-13-9-11-14(12-10-13)17(19)20-21-16-8-5-4-7-15(16)18;;;;;/h4-5,7-12H,2-3,6H2,1H3;5*1H. The molecule has 0 heterocycles. The van der Waals surface area contributed by atoms with Crippen molar-refractivity contribution < 1.29 is 32.5 Å². The van der Waals surface area contributed by atoms with Gasteiger partial charge in [0.2, 0.25) is 0 Å². The molecule has 0 atom stereocenters. The van der Waals surface area contributed by atoms with Crippen molar-refractivity contribution in [3.63, 3.8) is 0 Å². The fraction of sp³-hybridized carbons (Fsp3) is 0.235. The van der Waals surface area contributed by atoms with E-state index in [9.17, 15) is 4.79 Å². The first-order valence-corrected chi connectivity index (χ1v) is 8.05. The van der Waals surface area contributed by atoms with E-state index in [1.54, 1.807) is 18.2 Å². The van der Waals surface area contributed by atoms with Gasteiger partial charge < -0.3 is 4.18 Å². The predicted octanol–water partition coefficient (Wildman–Crippen LogP) is 6.31. The van der Waals surface area contributed by atoms with E-state index in [0.29, 0.717) is 10.6 Å². The zero-order chi connectivity index (χ0) is 15.1. The van der Waals surface area contributed by atoms with Crippen LogP contribution in [-0.2, 0) is 10.6 Å². The molecule has 0 aliphatic rings. The highest BCUT2D eigenvalue weighted by atomic mass is 35.5. The van der Waals surface area contributed by atoms with Gasteiger partial charge in [0.25, 0.3) is 0 Å². The Balaban J connectivity index is -0.000000484. The molecule has 0 radical (unpaired) electrons. The molecule has 0 amide bonds. The summed E-state index contributed by atoms with van der Waals surface area (Å²) in [4.78, 5) is 12.7. The first kappa shape index (κ1) is 31.9. The summed E-state index contributed by atoms with van der Waals surface area (Å²) in [6.45, 7) is 2.16. The molecular formula is C17H22ClF5O2S. The Labute approximate surface area is 158 Å². The van der Waals surface area contributed by atoms with Gasteiger partial charge in [0.15, 0.2) is 0 Å². The number of benzene rings is 2. The van der Waals surface area contributed by atoms with Gasteiger partial charge in [0.1, 0.15) is 0 Å². The maximum atomic E-state index is 12.0. The Bertz CT molecular complexity index is 614. The summed E-state index contributed by atoms with van der Waals surface area (Å²) in [6.07, 6.45) is 3.37. The molecule has 0 saturated heterocycles. The van der Waals surface area contributed by atoms with Gasteiger partial charge in [0, 0.05) is 0 Å². The van der Waals surface area contributed by atoms with Crippen molar-refractivity contribution in [3.8, 4) is 0 Å². The molecule has 0 aliphatic carbocycles. The number of hydrogen-bond donors (Lipinski definition) is 0. The summed E-state index contributed by atoms with van der Waals surface area (Å²) in [5, 5.41) is 0.574. The van der Waals surface area contributed by atoms with Gasteiger partial charge in [0.05, 0.1) is 27.5 Å². The first-order valence-electron chi connectivity index (χ1n) is 6.93. The lowest BCUT2D eigenvalue weighted by molar-refractivity contribution is 0.0768. The summed E-state index contributed by atoms with van der Waals surface area (Å²) in [7, 11) is 0. The van der Waals surface area contributed by atoms with E-state index in [-0.39, 0.29) is 29.5 Å². The van der Waals surface area contributed by atoms with Gasteiger partial charge in [-0.15, -0.1) is 0 Å². The predicted molar refractivity (Wildman–Crippen MR) is 100 cm³/mol. The molecule has 2 aromatic rings. The van der Waals surface area contributed by atoms with E-state index in [2.05, 4.69) is 6.92 Å². The van der Waals surface area contributed by atoms with Gasteiger partial charge in [-0.25, -0.2) is 4.79 Å². The average Bonchev–Trinajstić information content (AvgIpc) is 2.52. The lowest BCUT2D eigenvalue weighted by Crippen LogP contribution is -2.00. The quantitative estimate of drug-likeness (QED) is 0.404. The topological polar surface area (TPSA) is 26.3 Å². The Morgan fingerprint density at radius 1 is 0.962 bits per heavy atom. The number of rotatable bonds is 6. The van der Waals surface area contributed by atoms with Crippen molar-refractivity contribution in [1.82, 2.24) is 0 Å². The van der Waals surface area contributed by atoms with Gasteiger partial charge in [-0.05, 0) is 42.7 Å². The third-order valence-electron chi connectivity index (χ3n) is 3.05. The van der Waals surface area contributed by atoms with Crippen LogP contribution in [-0.4, -0.2) is 5.97 Å². The normalized spacial score (nSPS) is 8.38. The molecule has 2 aromatic carbocycles. The molecular weight excluding hydrogens is 399 g/mol. The number of carbonyl (C=O) groups is 1. The molecule has 2 rings (SSSR count). The second kappa shape index (κ2) is 16.7. The van der Waals surface area contributed by atoms with Crippen molar-refractivity contribution in [3.05, 3.63) is 64.7 Å². The van der Waals surface area contributed by atoms with Crippen LogP contribution < -0.4 is 0 Å². The molecule has 0 saturated carbocycles. The van der Waals surface area contributed by atoms with E-state index in [1.807, 2.05) is 30.3 Å². The minimum absolute atomic E-state index is 0. The summed E-state index contributed by atoms with van der Waals surface area (Å²) >= 11 is 7.00. The Morgan fingerprint density at radius 2 is 1.54 bits per heavy atom. The smallest absolute Gasteiger partial charge is 0.350 e. The maximum absolute atomic E-state index is 12.0. The van der Waals surface area contributed by atoms with E-state index in [1.165, 1.54) is 5.56 Å². The highest BCUT2D eigenvalue weighted by molar-refractivity contribution is 7.95. The van der Waals surface area contributed by atoms with Crippen LogP contribution >= 0.6 is 23.6 Å². The van der Waals surface area contributed by atoms with Crippen molar-refractivity contribution in [1.29, 1.82) is 0 Å². The van der Waals surface area contributed by atoms with Crippen molar-refractivity contribution in [2.75, 3.05) is 0 Å². The third kappa shape index (κ3) is 9.62. The monoisotopic (exact) mass is 420 g/mol. The van der Waals surface area contributed by atoms with E-state index >= 15 is 0 Å². The van der Waals surface area contributed by atoms with Crippen molar-refractivity contribution in [2.24, 2.45) is 0 Å². The summed E-state index contributed by atoms with van der Waals surface area (Å²) in [5.41, 5.74) is 1.79. The number of carbonyl (C=O) groups excluding carboxylic acids is 1. The zero-order valence-corrected chi connectivity index (χ0v) is 15.5. The summed E-state index contributed by atoms with van der Waals surface area (Å²) in [6, 6.07) is 14.8. The Morgan fingerprint density at radius 3 is 2.08 bits per heavy atom. The number of halogens is 6. The molecule has 0 bridgehead atoms. The molecule has 0 N–H and O–H groups in total. The molecule has 0 unspecified atom stereocenters. The molecule has 0 fully saturated rings. The second-order valence-electron chi connectivity index (χ2n) is 4.69. The van der Waals surface area contributed by atoms with E-state index in [0.717, 1.165) is 36.2 Å². The van der Waals surface area contributed by atoms with E-state index in [4.69, 9.17) is 15.8 Å². The molecule has 9 heteroatoms. The lowest BCUT2D eigenvalue weighted by atomic mass is 10.1. The van der Waals surface area contributed by atoms with Crippen LogP contribution in [0.1, 0.15) is 35.7 Å². The average molecular weight is 421 g/mol. The minimum atomic E-state index is -0.359. The molecule has 26 heavy (non-hydrogen) atoms. The van der Waals surface area contributed by atoms with Crippen molar-refractivity contribution >= 4 is 29.6 Å². The number of hydrogen-bond acceptors (Lipinski definition) is 3. The fourth-order valence-corrected chi connectivity index (χ4v) is 2.61. The van der Waals surface area contributed by atoms with Gasteiger partial charge in [-0.2, -0.15) is 0 Å². The SMILES string of the molecule is CCCCc1ccc(C(=O)OSc2ccccc2Cl)cc1.F.F.F.F.F. The number of unbranched alkanes of at least 4 members (excludes halogenated alkanes) is 1. The van der Waals surface area contributed by atoms with Crippen LogP contribution in [0.4, 0.5) is 23.5 Å². The highest BCUT2D eigenvalue weighted by Gasteiger charge is 2.10. The molecule has 0 aliphatic heterocycles. The first-order chi connectivity index (χ1) is 10.2. The fourth-order valence-electron chi connectivity index (χ4n) is 1.83. The van der Waals surface area contributed by atoms with Crippen molar-refractivity contribution in [2.45, 2.75) is 31.1 Å². The van der Waals surface area contributed by atoms with Crippen LogP contribution in [0.15, 0.2) is 53.4 Å². The van der Waals surface area contributed by atoms with Crippen LogP contribution in [0.5, 0.6) is 0 Å². The highest BCUT2D eigenvalue weighted by Crippen LogP contribution is 2.28. The van der Waals surface area contributed by atoms with E-state index < -0.39 is 0 Å². The third-order valence-corrected chi connectivity index (χ3v) is 4.26. The molecule has 2 nitrogen and oxygen atoms in total.